The van der Waals surface area contributed by atoms with Crippen molar-refractivity contribution in [2.45, 2.75) is 51.6 Å². The van der Waals surface area contributed by atoms with E-state index in [0.29, 0.717) is 0 Å². The molecule has 2 aliphatic rings. The Morgan fingerprint density at radius 3 is 2.50 bits per heavy atom. The van der Waals surface area contributed by atoms with E-state index in [1.54, 1.807) is 0 Å². The van der Waals surface area contributed by atoms with E-state index < -0.39 is 0 Å². The molecule has 0 radical (unpaired) electrons. The van der Waals surface area contributed by atoms with Crippen molar-refractivity contribution in [2.24, 2.45) is 5.92 Å². The highest BCUT2D eigenvalue weighted by molar-refractivity contribution is 4.88. The molecule has 0 saturated carbocycles. The maximum absolute atomic E-state index is 3.46. The summed E-state index contributed by atoms with van der Waals surface area (Å²) >= 11 is 0. The van der Waals surface area contributed by atoms with Gasteiger partial charge in [-0.1, -0.05) is 13.8 Å². The molecule has 2 heterocycles. The average Bonchev–Trinajstić information content (AvgIpc) is 2.67. The van der Waals surface area contributed by atoms with Gasteiger partial charge in [0.15, 0.2) is 0 Å². The van der Waals surface area contributed by atoms with Crippen LogP contribution >= 0.6 is 0 Å². The first-order valence-electron chi connectivity index (χ1n) is 6.25. The summed E-state index contributed by atoms with van der Waals surface area (Å²) in [6.45, 7) is 8.57. The molecule has 2 heteroatoms. The summed E-state index contributed by atoms with van der Waals surface area (Å²) in [5, 5.41) is 3.46. The molecule has 0 unspecified atom stereocenters. The number of hydrogen-bond donors (Lipinski definition) is 1. The zero-order valence-corrected chi connectivity index (χ0v) is 9.63. The normalized spacial score (nSPS) is 31.5. The van der Waals surface area contributed by atoms with Gasteiger partial charge in [0.2, 0.25) is 0 Å². The smallest absolute Gasteiger partial charge is 0.0122 e. The van der Waals surface area contributed by atoms with Gasteiger partial charge >= 0.3 is 0 Å². The summed E-state index contributed by atoms with van der Waals surface area (Å²) in [7, 11) is 0. The Hall–Kier alpha value is -0.0800. The van der Waals surface area contributed by atoms with Crippen molar-refractivity contribution < 1.29 is 0 Å². The van der Waals surface area contributed by atoms with Gasteiger partial charge in [-0.2, -0.15) is 0 Å². The molecule has 2 saturated heterocycles. The molecule has 82 valence electrons. The zero-order chi connectivity index (χ0) is 9.97. The van der Waals surface area contributed by atoms with Crippen molar-refractivity contribution in [3.63, 3.8) is 0 Å². The largest absolute Gasteiger partial charge is 0.317 e. The number of rotatable bonds is 2. The molecule has 0 bridgehead atoms. The fourth-order valence-corrected chi connectivity index (χ4v) is 3.12. The van der Waals surface area contributed by atoms with Gasteiger partial charge < -0.3 is 5.32 Å². The second-order valence-corrected chi connectivity index (χ2v) is 5.17. The van der Waals surface area contributed by atoms with Crippen LogP contribution in [-0.2, 0) is 0 Å². The second-order valence-electron chi connectivity index (χ2n) is 5.17. The van der Waals surface area contributed by atoms with Gasteiger partial charge in [0.25, 0.3) is 0 Å². The van der Waals surface area contributed by atoms with Crippen LogP contribution in [0.5, 0.6) is 0 Å². The molecule has 2 nitrogen and oxygen atoms in total. The molecule has 0 spiro atoms. The minimum absolute atomic E-state index is 0.840. The van der Waals surface area contributed by atoms with E-state index in [-0.39, 0.29) is 0 Å². The van der Waals surface area contributed by atoms with Crippen molar-refractivity contribution in [2.75, 3.05) is 19.6 Å². The number of piperidine rings is 1. The molecule has 0 amide bonds. The van der Waals surface area contributed by atoms with Crippen LogP contribution in [0.15, 0.2) is 0 Å². The van der Waals surface area contributed by atoms with Crippen LogP contribution in [0.2, 0.25) is 0 Å². The predicted octanol–water partition coefficient (Wildman–Crippen LogP) is 1.86. The Morgan fingerprint density at radius 2 is 1.86 bits per heavy atom. The summed E-state index contributed by atoms with van der Waals surface area (Å²) in [5.41, 5.74) is 0. The van der Waals surface area contributed by atoms with Gasteiger partial charge in [0.05, 0.1) is 0 Å². The van der Waals surface area contributed by atoms with Crippen molar-refractivity contribution in [3.8, 4) is 0 Å². The molecule has 0 aromatic heterocycles. The lowest BCUT2D eigenvalue weighted by Crippen LogP contribution is -2.46. The summed E-state index contributed by atoms with van der Waals surface area (Å²) in [6, 6.07) is 1.75. The van der Waals surface area contributed by atoms with Crippen LogP contribution in [0.25, 0.3) is 0 Å². The highest BCUT2D eigenvalue weighted by Gasteiger charge is 2.32. The van der Waals surface area contributed by atoms with Crippen LogP contribution in [-0.4, -0.2) is 36.6 Å². The van der Waals surface area contributed by atoms with Gasteiger partial charge in [0.1, 0.15) is 0 Å². The number of nitrogens with zero attached hydrogens (tertiary/aromatic N) is 1. The molecule has 0 aliphatic carbocycles. The zero-order valence-electron chi connectivity index (χ0n) is 9.63. The molecular formula is C12H24N2. The summed E-state index contributed by atoms with van der Waals surface area (Å²) in [4.78, 5) is 2.80. The molecule has 0 aromatic carbocycles. The summed E-state index contributed by atoms with van der Waals surface area (Å²) < 4.78 is 0. The highest BCUT2D eigenvalue weighted by Crippen LogP contribution is 2.28. The van der Waals surface area contributed by atoms with Crippen molar-refractivity contribution in [1.82, 2.24) is 10.2 Å². The van der Waals surface area contributed by atoms with E-state index in [2.05, 4.69) is 24.1 Å². The van der Waals surface area contributed by atoms with E-state index in [0.717, 1.165) is 18.0 Å². The third kappa shape index (κ3) is 2.12. The summed E-state index contributed by atoms with van der Waals surface area (Å²) in [5.74, 6) is 0.840. The van der Waals surface area contributed by atoms with Crippen LogP contribution in [0.4, 0.5) is 0 Å². The fourth-order valence-electron chi connectivity index (χ4n) is 3.12. The van der Waals surface area contributed by atoms with Gasteiger partial charge in [-0.25, -0.2) is 0 Å². The number of likely N-dealkylation sites (tertiary alicyclic amines) is 1. The first-order chi connectivity index (χ1) is 6.79. The first kappa shape index (κ1) is 10.4. The van der Waals surface area contributed by atoms with Crippen molar-refractivity contribution >= 4 is 0 Å². The van der Waals surface area contributed by atoms with Gasteiger partial charge in [-0.05, 0) is 51.2 Å². The van der Waals surface area contributed by atoms with Crippen molar-refractivity contribution in [3.05, 3.63) is 0 Å². The lowest BCUT2D eigenvalue weighted by atomic mass is 9.98. The Kier molecular flexibility index (Phi) is 3.45. The van der Waals surface area contributed by atoms with Gasteiger partial charge in [0, 0.05) is 12.1 Å². The van der Waals surface area contributed by atoms with Crippen LogP contribution < -0.4 is 5.32 Å². The third-order valence-electron chi connectivity index (χ3n) is 3.89. The summed E-state index contributed by atoms with van der Waals surface area (Å²) in [6.07, 6.45) is 5.58. The molecule has 0 aromatic rings. The maximum atomic E-state index is 3.46. The Bertz CT molecular complexity index is 173. The molecule has 2 rings (SSSR count). The van der Waals surface area contributed by atoms with Crippen LogP contribution in [0.3, 0.4) is 0 Å². The Labute approximate surface area is 88.1 Å². The van der Waals surface area contributed by atoms with E-state index in [1.165, 1.54) is 45.3 Å². The SMILES string of the molecule is CC(C)[C@H]1CCCN1C1CCNCC1. The van der Waals surface area contributed by atoms with Crippen molar-refractivity contribution in [1.29, 1.82) is 0 Å². The molecule has 2 aliphatic heterocycles. The minimum Gasteiger partial charge on any atom is -0.317 e. The second kappa shape index (κ2) is 4.63. The van der Waals surface area contributed by atoms with Gasteiger partial charge in [-0.15, -0.1) is 0 Å². The van der Waals surface area contributed by atoms with E-state index in [9.17, 15) is 0 Å². The molecule has 1 atom stereocenters. The number of hydrogen-bond acceptors (Lipinski definition) is 2. The quantitative estimate of drug-likeness (QED) is 0.725. The van der Waals surface area contributed by atoms with Crippen LogP contribution in [0.1, 0.15) is 39.5 Å². The van der Waals surface area contributed by atoms with E-state index in [1.807, 2.05) is 0 Å². The molecule has 14 heavy (non-hydrogen) atoms. The van der Waals surface area contributed by atoms with E-state index in [4.69, 9.17) is 0 Å². The monoisotopic (exact) mass is 196 g/mol. The lowest BCUT2D eigenvalue weighted by molar-refractivity contribution is 0.121. The van der Waals surface area contributed by atoms with Crippen LogP contribution in [0, 0.1) is 5.92 Å². The minimum atomic E-state index is 0.840. The molecule has 1 N–H and O–H groups in total. The molecular weight excluding hydrogens is 172 g/mol. The predicted molar refractivity (Wildman–Crippen MR) is 60.5 cm³/mol. The average molecular weight is 196 g/mol. The topological polar surface area (TPSA) is 15.3 Å². The fraction of sp³-hybridized carbons (Fsp3) is 1.00. The third-order valence-corrected chi connectivity index (χ3v) is 3.89. The van der Waals surface area contributed by atoms with Gasteiger partial charge in [-0.3, -0.25) is 4.90 Å². The number of nitrogens with one attached hydrogen (secondary N) is 1. The lowest BCUT2D eigenvalue weighted by Gasteiger charge is -2.37. The standard InChI is InChI=1S/C12H24N2/c1-10(2)12-4-3-9-14(12)11-5-7-13-8-6-11/h10-13H,3-9H2,1-2H3/t12-/m1/s1. The Balaban J connectivity index is 1.94. The molecule has 2 fully saturated rings. The maximum Gasteiger partial charge on any atom is 0.0122 e. The van der Waals surface area contributed by atoms with E-state index >= 15 is 0 Å². The first-order valence-corrected chi connectivity index (χ1v) is 6.25. The Morgan fingerprint density at radius 1 is 1.14 bits per heavy atom. The highest BCUT2D eigenvalue weighted by atomic mass is 15.2.